The number of carbonyl (C=O) groups is 1. The van der Waals surface area contributed by atoms with E-state index in [9.17, 15) is 4.79 Å². The molecule has 2 N–H and O–H groups in total. The van der Waals surface area contributed by atoms with Gasteiger partial charge in [-0.3, -0.25) is 0 Å². The summed E-state index contributed by atoms with van der Waals surface area (Å²) in [6.07, 6.45) is 1.34. The Morgan fingerprint density at radius 1 is 1.29 bits per heavy atom. The maximum atomic E-state index is 12.1. The van der Waals surface area contributed by atoms with Gasteiger partial charge in [0.05, 0.1) is 19.2 Å². The van der Waals surface area contributed by atoms with Crippen LogP contribution < -0.4 is 15.4 Å². The lowest BCUT2D eigenvalue weighted by atomic mass is 10.2. The number of alkyl carbamates (subject to hydrolysis) is 1. The number of methoxy groups -OCH3 is 1. The van der Waals surface area contributed by atoms with Gasteiger partial charge in [0, 0.05) is 39.8 Å². The summed E-state index contributed by atoms with van der Waals surface area (Å²) in [7, 11) is 1.69. The van der Waals surface area contributed by atoms with Crippen molar-refractivity contribution < 1.29 is 19.0 Å². The van der Waals surface area contributed by atoms with E-state index in [4.69, 9.17) is 19.2 Å². The van der Waals surface area contributed by atoms with Crippen molar-refractivity contribution in [1.29, 1.82) is 0 Å². The van der Waals surface area contributed by atoms with Gasteiger partial charge >= 0.3 is 6.09 Å². The second-order valence-electron chi connectivity index (χ2n) is 8.59. The average molecular weight is 435 g/mol. The smallest absolute Gasteiger partial charge is 0.407 e. The summed E-state index contributed by atoms with van der Waals surface area (Å²) in [4.78, 5) is 19.0. The molecule has 8 heteroatoms. The summed E-state index contributed by atoms with van der Waals surface area (Å²) in [5, 5.41) is 6.32. The number of ether oxygens (including phenoxy) is 3. The number of nitrogens with zero attached hydrogens (tertiary/aromatic N) is 2. The average Bonchev–Trinajstić information content (AvgIpc) is 3.15. The highest BCUT2D eigenvalue weighted by Gasteiger charge is 2.27. The fraction of sp³-hybridized carbons (Fsp3) is 0.652. The molecule has 0 unspecified atom stereocenters. The topological polar surface area (TPSA) is 84.4 Å². The highest BCUT2D eigenvalue weighted by atomic mass is 16.6. The van der Waals surface area contributed by atoms with Gasteiger partial charge in [-0.1, -0.05) is 12.1 Å². The molecule has 8 nitrogen and oxygen atoms in total. The summed E-state index contributed by atoms with van der Waals surface area (Å²) in [6.45, 7) is 11.8. The molecular formula is C23H38N4O4. The summed E-state index contributed by atoms with van der Waals surface area (Å²) in [5.74, 6) is 1.69. The van der Waals surface area contributed by atoms with Crippen molar-refractivity contribution in [3.63, 3.8) is 0 Å². The molecule has 1 atom stereocenters. The monoisotopic (exact) mass is 434 g/mol. The molecule has 1 amide bonds. The number of rotatable bonds is 9. The molecule has 31 heavy (non-hydrogen) atoms. The van der Waals surface area contributed by atoms with Crippen molar-refractivity contribution in [2.75, 3.05) is 40.0 Å². The Labute approximate surface area is 186 Å². The maximum Gasteiger partial charge on any atom is 0.407 e. The first-order chi connectivity index (χ1) is 14.8. The lowest BCUT2D eigenvalue weighted by Gasteiger charge is -2.23. The molecular weight excluding hydrogens is 396 g/mol. The number of guanidine groups is 1. The summed E-state index contributed by atoms with van der Waals surface area (Å²) < 4.78 is 16.2. The Kier molecular flexibility index (Phi) is 9.91. The van der Waals surface area contributed by atoms with E-state index in [1.54, 1.807) is 7.11 Å². The molecule has 0 aromatic heterocycles. The molecule has 174 valence electrons. The Morgan fingerprint density at radius 2 is 2.10 bits per heavy atom. The zero-order valence-electron chi connectivity index (χ0n) is 19.6. The summed E-state index contributed by atoms with van der Waals surface area (Å²) in [6, 6.07) is 8.06. The normalized spacial score (nSPS) is 16.9. The molecule has 0 aliphatic carbocycles. The second kappa shape index (κ2) is 12.4. The fourth-order valence-corrected chi connectivity index (χ4v) is 3.26. The van der Waals surface area contributed by atoms with Gasteiger partial charge in [0.2, 0.25) is 0 Å². The summed E-state index contributed by atoms with van der Waals surface area (Å²) >= 11 is 0. The Hall–Kier alpha value is -2.48. The van der Waals surface area contributed by atoms with Crippen LogP contribution in [0.15, 0.2) is 29.3 Å². The molecule has 0 saturated carbocycles. The molecule has 1 heterocycles. The van der Waals surface area contributed by atoms with Crippen LogP contribution in [0.25, 0.3) is 0 Å². The predicted octanol–water partition coefficient (Wildman–Crippen LogP) is 3.17. The predicted molar refractivity (Wildman–Crippen MR) is 123 cm³/mol. The van der Waals surface area contributed by atoms with Crippen LogP contribution in [0.2, 0.25) is 0 Å². The van der Waals surface area contributed by atoms with Crippen LogP contribution in [-0.4, -0.2) is 68.6 Å². The van der Waals surface area contributed by atoms with Gasteiger partial charge in [0.15, 0.2) is 5.96 Å². The van der Waals surface area contributed by atoms with Crippen molar-refractivity contribution >= 4 is 12.1 Å². The third-order valence-corrected chi connectivity index (χ3v) is 4.61. The Morgan fingerprint density at radius 3 is 2.81 bits per heavy atom. The lowest BCUT2D eigenvalue weighted by Crippen LogP contribution is -2.44. The van der Waals surface area contributed by atoms with Crippen molar-refractivity contribution in [3.8, 4) is 5.75 Å². The molecule has 1 fully saturated rings. The SMILES string of the molecule is CCNC(=NCc1cccc(OCCCOC)c1)N1CC[C@@H](NC(=O)OC(C)(C)C)C1. The van der Waals surface area contributed by atoms with E-state index in [0.29, 0.717) is 26.3 Å². The molecule has 1 aromatic rings. The first-order valence-corrected chi connectivity index (χ1v) is 11.0. The number of hydrogen-bond donors (Lipinski definition) is 2. The lowest BCUT2D eigenvalue weighted by molar-refractivity contribution is 0.0507. The molecule has 1 aromatic carbocycles. The van der Waals surface area contributed by atoms with Gasteiger partial charge in [-0.25, -0.2) is 9.79 Å². The van der Waals surface area contributed by atoms with Crippen LogP contribution in [0.4, 0.5) is 4.79 Å². The van der Waals surface area contributed by atoms with Crippen LogP contribution in [-0.2, 0) is 16.0 Å². The van der Waals surface area contributed by atoms with Gasteiger partial charge in [-0.05, 0) is 51.8 Å². The third-order valence-electron chi connectivity index (χ3n) is 4.61. The van der Waals surface area contributed by atoms with Gasteiger partial charge in [-0.15, -0.1) is 0 Å². The van der Waals surface area contributed by atoms with E-state index in [-0.39, 0.29) is 12.1 Å². The van der Waals surface area contributed by atoms with Crippen LogP contribution in [0, 0.1) is 0 Å². The minimum atomic E-state index is -0.499. The highest BCUT2D eigenvalue weighted by molar-refractivity contribution is 5.80. The van der Waals surface area contributed by atoms with E-state index in [1.807, 2.05) is 45.0 Å². The highest BCUT2D eigenvalue weighted by Crippen LogP contribution is 2.16. The summed E-state index contributed by atoms with van der Waals surface area (Å²) in [5.41, 5.74) is 0.586. The zero-order valence-corrected chi connectivity index (χ0v) is 19.6. The molecule has 2 rings (SSSR count). The van der Waals surface area contributed by atoms with E-state index in [1.165, 1.54) is 0 Å². The standard InChI is InChI=1S/C23H38N4O4/c1-6-24-21(27-12-11-19(17-27)26-22(28)31-23(2,3)4)25-16-18-9-7-10-20(15-18)30-14-8-13-29-5/h7,9-10,15,19H,6,8,11-14,16-17H2,1-5H3,(H,24,25)(H,26,28)/t19-/m1/s1. The van der Waals surface area contributed by atoms with Gasteiger partial charge in [0.1, 0.15) is 11.4 Å². The molecule has 1 aliphatic rings. The minimum Gasteiger partial charge on any atom is -0.493 e. The second-order valence-corrected chi connectivity index (χ2v) is 8.59. The number of likely N-dealkylation sites (tertiary alicyclic amines) is 1. The van der Waals surface area contributed by atoms with Crippen LogP contribution in [0.1, 0.15) is 46.1 Å². The van der Waals surface area contributed by atoms with E-state index in [2.05, 4.69) is 22.5 Å². The number of hydrogen-bond acceptors (Lipinski definition) is 5. The van der Waals surface area contributed by atoms with Crippen LogP contribution >= 0.6 is 0 Å². The van der Waals surface area contributed by atoms with Crippen molar-refractivity contribution in [2.45, 2.75) is 58.7 Å². The number of carbonyl (C=O) groups excluding carboxylic acids is 1. The molecule has 0 radical (unpaired) electrons. The molecule has 1 saturated heterocycles. The number of benzene rings is 1. The first kappa shape index (κ1) is 24.8. The van der Waals surface area contributed by atoms with Crippen molar-refractivity contribution in [1.82, 2.24) is 15.5 Å². The van der Waals surface area contributed by atoms with Gasteiger partial charge in [-0.2, -0.15) is 0 Å². The molecule has 0 spiro atoms. The van der Waals surface area contributed by atoms with Crippen LogP contribution in [0.5, 0.6) is 5.75 Å². The largest absolute Gasteiger partial charge is 0.493 e. The maximum absolute atomic E-state index is 12.1. The van der Waals surface area contributed by atoms with E-state index >= 15 is 0 Å². The zero-order chi connectivity index (χ0) is 22.7. The first-order valence-electron chi connectivity index (χ1n) is 11.0. The number of aliphatic imine (C=N–C) groups is 1. The fourth-order valence-electron chi connectivity index (χ4n) is 3.26. The van der Waals surface area contributed by atoms with Crippen LogP contribution in [0.3, 0.4) is 0 Å². The van der Waals surface area contributed by atoms with Crippen molar-refractivity contribution in [3.05, 3.63) is 29.8 Å². The Balaban J connectivity index is 1.91. The number of nitrogens with one attached hydrogen (secondary N) is 2. The molecule has 1 aliphatic heterocycles. The quantitative estimate of drug-likeness (QED) is 0.353. The molecule has 0 bridgehead atoms. The van der Waals surface area contributed by atoms with E-state index < -0.39 is 5.60 Å². The van der Waals surface area contributed by atoms with Crippen molar-refractivity contribution in [2.24, 2.45) is 4.99 Å². The Bertz CT molecular complexity index is 718. The van der Waals surface area contributed by atoms with E-state index in [0.717, 1.165) is 43.2 Å². The number of amides is 1. The third kappa shape index (κ3) is 9.46. The van der Waals surface area contributed by atoms with Gasteiger partial charge < -0.3 is 29.7 Å². The van der Waals surface area contributed by atoms with Gasteiger partial charge in [0.25, 0.3) is 0 Å². The minimum absolute atomic E-state index is 0.0440.